The van der Waals surface area contributed by atoms with E-state index in [1.165, 1.54) is 11.1 Å². The van der Waals surface area contributed by atoms with Gasteiger partial charge in [0.1, 0.15) is 5.82 Å². The fraction of sp³-hybridized carbons (Fsp3) is 0.476. The molecule has 0 aliphatic carbocycles. The molecule has 2 N–H and O–H groups in total. The molecule has 3 heterocycles. The van der Waals surface area contributed by atoms with Gasteiger partial charge in [-0.2, -0.15) is 0 Å². The molecule has 6 nitrogen and oxygen atoms in total. The van der Waals surface area contributed by atoms with Gasteiger partial charge in [0.05, 0.1) is 5.56 Å². The minimum Gasteiger partial charge on any atom is -0.338 e. The Kier molecular flexibility index (Phi) is 5.18. The average molecular weight is 365 g/mol. The van der Waals surface area contributed by atoms with Crippen LogP contribution in [-0.2, 0) is 0 Å². The third kappa shape index (κ3) is 3.87. The highest BCUT2D eigenvalue weighted by molar-refractivity contribution is 5.93. The lowest BCUT2D eigenvalue weighted by atomic mass is 9.81. The fourth-order valence-corrected chi connectivity index (χ4v) is 4.27. The van der Waals surface area contributed by atoms with Crippen LogP contribution in [0.2, 0.25) is 0 Å². The van der Waals surface area contributed by atoms with Gasteiger partial charge >= 0.3 is 0 Å². The van der Waals surface area contributed by atoms with E-state index in [1.807, 2.05) is 11.8 Å². The van der Waals surface area contributed by atoms with Crippen LogP contribution in [0.25, 0.3) is 0 Å². The number of nitrogens with zero attached hydrogens (tertiary/aromatic N) is 3. The smallest absolute Gasteiger partial charge is 0.257 e. The number of carbonyl (C=O) groups is 1. The van der Waals surface area contributed by atoms with Crippen molar-refractivity contribution in [1.29, 1.82) is 0 Å². The van der Waals surface area contributed by atoms with Crippen molar-refractivity contribution in [3.05, 3.63) is 59.2 Å². The lowest BCUT2D eigenvalue weighted by Crippen LogP contribution is -2.48. The molecule has 27 heavy (non-hydrogen) atoms. The Balaban J connectivity index is 1.48. The molecule has 142 valence electrons. The van der Waals surface area contributed by atoms with Crippen molar-refractivity contribution in [1.82, 2.24) is 25.7 Å². The second-order valence-electron chi connectivity index (χ2n) is 7.74. The number of aromatic nitrogens is 2. The van der Waals surface area contributed by atoms with Gasteiger partial charge in [-0.1, -0.05) is 29.8 Å². The summed E-state index contributed by atoms with van der Waals surface area (Å²) >= 11 is 0. The first kappa shape index (κ1) is 18.1. The first-order valence-corrected chi connectivity index (χ1v) is 9.74. The summed E-state index contributed by atoms with van der Waals surface area (Å²) in [6, 6.07) is 9.16. The molecule has 1 amide bonds. The molecule has 1 aromatic carbocycles. The maximum absolute atomic E-state index is 12.9. The number of nitrogens with one attached hydrogen (secondary N) is 2. The van der Waals surface area contributed by atoms with Gasteiger partial charge in [-0.15, -0.1) is 0 Å². The molecule has 2 aliphatic rings. The number of hydrazine groups is 1. The highest BCUT2D eigenvalue weighted by Gasteiger charge is 2.37. The average Bonchev–Trinajstić information content (AvgIpc) is 3.18. The molecular formula is C21H27N5O. The van der Waals surface area contributed by atoms with Crippen molar-refractivity contribution < 1.29 is 4.79 Å². The molecule has 0 saturated carbocycles. The van der Waals surface area contributed by atoms with Gasteiger partial charge in [0.2, 0.25) is 0 Å². The van der Waals surface area contributed by atoms with Gasteiger partial charge < -0.3 is 4.90 Å². The second-order valence-corrected chi connectivity index (χ2v) is 7.74. The molecule has 3 atom stereocenters. The summed E-state index contributed by atoms with van der Waals surface area (Å²) < 4.78 is 0. The van der Waals surface area contributed by atoms with Crippen molar-refractivity contribution >= 4 is 5.91 Å². The molecule has 0 bridgehead atoms. The summed E-state index contributed by atoms with van der Waals surface area (Å²) in [5.41, 5.74) is 10.0. The summed E-state index contributed by atoms with van der Waals surface area (Å²) in [6.07, 6.45) is 5.44. The number of aryl methyl sites for hydroxylation is 2. The Morgan fingerprint density at radius 3 is 2.63 bits per heavy atom. The lowest BCUT2D eigenvalue weighted by molar-refractivity contribution is 0.0643. The standard InChI is InChI=1S/C21H27N5O/c1-14-5-7-16(8-6-14)19-12-24-25-20(19)17-4-3-9-26(13-17)21(27)18-10-22-15(2)23-11-18/h5-8,10-11,17,19-20,24-25H,3-4,9,12-13H2,1-2H3. The molecule has 2 saturated heterocycles. The molecule has 0 spiro atoms. The number of benzene rings is 1. The van der Waals surface area contributed by atoms with E-state index in [9.17, 15) is 4.79 Å². The Bertz CT molecular complexity index is 789. The van der Waals surface area contributed by atoms with Crippen molar-refractivity contribution in [3.8, 4) is 0 Å². The molecule has 2 fully saturated rings. The van der Waals surface area contributed by atoms with Gasteiger partial charge in [0.15, 0.2) is 0 Å². The third-order valence-corrected chi connectivity index (χ3v) is 5.81. The quantitative estimate of drug-likeness (QED) is 0.873. The Morgan fingerprint density at radius 1 is 1.15 bits per heavy atom. The summed E-state index contributed by atoms with van der Waals surface area (Å²) in [6.45, 7) is 6.44. The highest BCUT2D eigenvalue weighted by Crippen LogP contribution is 2.32. The summed E-state index contributed by atoms with van der Waals surface area (Å²) in [4.78, 5) is 23.2. The molecule has 2 aromatic rings. The van der Waals surface area contributed by atoms with E-state index in [2.05, 4.69) is 52.0 Å². The summed E-state index contributed by atoms with van der Waals surface area (Å²) in [5.74, 6) is 1.58. The van der Waals surface area contributed by atoms with Crippen LogP contribution in [0.15, 0.2) is 36.7 Å². The van der Waals surface area contributed by atoms with Gasteiger partial charge in [-0.05, 0) is 38.2 Å². The Labute approximate surface area is 160 Å². The largest absolute Gasteiger partial charge is 0.338 e. The van der Waals surface area contributed by atoms with Crippen LogP contribution in [-0.4, -0.2) is 46.5 Å². The minimum absolute atomic E-state index is 0.0394. The van der Waals surface area contributed by atoms with Crippen LogP contribution in [0.1, 0.15) is 46.1 Å². The molecule has 4 rings (SSSR count). The molecule has 1 aromatic heterocycles. The number of likely N-dealkylation sites (tertiary alicyclic amines) is 1. The number of carbonyl (C=O) groups excluding carboxylic acids is 1. The first-order valence-electron chi connectivity index (χ1n) is 9.74. The zero-order chi connectivity index (χ0) is 18.8. The zero-order valence-electron chi connectivity index (χ0n) is 16.0. The van der Waals surface area contributed by atoms with E-state index < -0.39 is 0 Å². The normalized spacial score (nSPS) is 25.6. The predicted molar refractivity (Wildman–Crippen MR) is 104 cm³/mol. The van der Waals surface area contributed by atoms with Gasteiger partial charge in [0, 0.05) is 44.0 Å². The second kappa shape index (κ2) is 7.74. The minimum atomic E-state index is 0.0394. The van der Waals surface area contributed by atoms with Gasteiger partial charge in [0.25, 0.3) is 5.91 Å². The van der Waals surface area contributed by atoms with Crippen LogP contribution < -0.4 is 10.9 Å². The summed E-state index contributed by atoms with van der Waals surface area (Å²) in [7, 11) is 0. The molecular weight excluding hydrogens is 338 g/mol. The SMILES string of the molecule is Cc1ccc(C2CNNC2C2CCCN(C(=O)c3cnc(C)nc3)C2)cc1. The number of hydrogen-bond donors (Lipinski definition) is 2. The van der Waals surface area contributed by atoms with Crippen molar-refractivity contribution in [2.75, 3.05) is 19.6 Å². The number of piperidine rings is 1. The maximum Gasteiger partial charge on any atom is 0.257 e. The molecule has 3 unspecified atom stereocenters. The molecule has 0 radical (unpaired) electrons. The van der Waals surface area contributed by atoms with Crippen LogP contribution >= 0.6 is 0 Å². The van der Waals surface area contributed by atoms with Crippen molar-refractivity contribution in [2.24, 2.45) is 5.92 Å². The highest BCUT2D eigenvalue weighted by atomic mass is 16.2. The first-order chi connectivity index (χ1) is 13.1. The zero-order valence-corrected chi connectivity index (χ0v) is 16.0. The predicted octanol–water partition coefficient (Wildman–Crippen LogP) is 2.21. The third-order valence-electron chi connectivity index (χ3n) is 5.81. The number of amides is 1. The maximum atomic E-state index is 12.9. The van der Waals surface area contributed by atoms with Crippen LogP contribution in [0.5, 0.6) is 0 Å². The van der Waals surface area contributed by atoms with E-state index in [4.69, 9.17) is 0 Å². The monoisotopic (exact) mass is 365 g/mol. The fourth-order valence-electron chi connectivity index (χ4n) is 4.27. The van der Waals surface area contributed by atoms with Crippen LogP contribution in [0.4, 0.5) is 0 Å². The number of hydrogen-bond acceptors (Lipinski definition) is 5. The van der Waals surface area contributed by atoms with E-state index in [-0.39, 0.29) is 5.91 Å². The van der Waals surface area contributed by atoms with Crippen molar-refractivity contribution in [3.63, 3.8) is 0 Å². The van der Waals surface area contributed by atoms with Crippen LogP contribution in [0, 0.1) is 19.8 Å². The Morgan fingerprint density at radius 2 is 1.89 bits per heavy atom. The van der Waals surface area contributed by atoms with Gasteiger partial charge in [-0.25, -0.2) is 9.97 Å². The van der Waals surface area contributed by atoms with Gasteiger partial charge in [-0.3, -0.25) is 15.6 Å². The van der Waals surface area contributed by atoms with E-state index in [0.717, 1.165) is 32.5 Å². The van der Waals surface area contributed by atoms with E-state index in [1.54, 1.807) is 12.4 Å². The van der Waals surface area contributed by atoms with E-state index in [0.29, 0.717) is 29.3 Å². The van der Waals surface area contributed by atoms with Crippen molar-refractivity contribution in [2.45, 2.75) is 38.6 Å². The number of rotatable bonds is 3. The van der Waals surface area contributed by atoms with Crippen LogP contribution in [0.3, 0.4) is 0 Å². The van der Waals surface area contributed by atoms with E-state index >= 15 is 0 Å². The lowest BCUT2D eigenvalue weighted by Gasteiger charge is -2.37. The Hall–Kier alpha value is -2.31. The summed E-state index contributed by atoms with van der Waals surface area (Å²) in [5, 5.41) is 0. The topological polar surface area (TPSA) is 70.2 Å². The molecule has 2 aliphatic heterocycles. The molecule has 6 heteroatoms.